The van der Waals surface area contributed by atoms with Crippen LogP contribution in [0.25, 0.3) is 0 Å². The molecule has 0 saturated heterocycles. The van der Waals surface area contributed by atoms with Gasteiger partial charge in [0.05, 0.1) is 0 Å². The van der Waals surface area contributed by atoms with Gasteiger partial charge in [0.1, 0.15) is 5.82 Å². The number of aryl methyl sites for hydroxylation is 1. The van der Waals surface area contributed by atoms with Crippen LogP contribution in [0.4, 0.5) is 5.82 Å². The van der Waals surface area contributed by atoms with Crippen LogP contribution < -0.4 is 5.32 Å². The summed E-state index contributed by atoms with van der Waals surface area (Å²) in [4.78, 5) is 4.63. The summed E-state index contributed by atoms with van der Waals surface area (Å²) in [6.45, 7) is 5.53. The minimum absolute atomic E-state index is 0. The first-order valence-corrected chi connectivity index (χ1v) is 5.52. The van der Waals surface area contributed by atoms with Crippen molar-refractivity contribution in [1.82, 2.24) is 4.98 Å². The number of pyridine rings is 1. The van der Waals surface area contributed by atoms with E-state index in [2.05, 4.69) is 36.3 Å². The summed E-state index contributed by atoms with van der Waals surface area (Å²) in [5.74, 6) is 1.86. The van der Waals surface area contributed by atoms with E-state index in [4.69, 9.17) is 0 Å². The number of fused-ring (bicyclic) bond motifs is 1. The van der Waals surface area contributed by atoms with Crippen molar-refractivity contribution in [3.8, 4) is 0 Å². The van der Waals surface area contributed by atoms with Crippen LogP contribution >= 0.6 is 0 Å². The topological polar surface area (TPSA) is 24.9 Å². The van der Waals surface area contributed by atoms with Crippen LogP contribution in [0.3, 0.4) is 0 Å². The Kier molecular flexibility index (Phi) is 2.71. The molecule has 0 amide bonds. The Morgan fingerprint density at radius 2 is 2.43 bits per heavy atom. The fraction of sp³-hybridized carbons (Fsp3) is 0.583. The standard InChI is InChI=1S/C12H18N2.H2/c1-3-4-11-6-5-10-7-9(2)8-13-12(10)14-11;/h5-6,9H,3-4,7-8H2,1-2H3,(H,13,14);1H. The third kappa shape index (κ3) is 1.89. The Labute approximate surface area is 87.2 Å². The smallest absolute Gasteiger partial charge is 0.129 e. The molecule has 1 N–H and O–H groups in total. The molecule has 1 aliphatic heterocycles. The van der Waals surface area contributed by atoms with Crippen molar-refractivity contribution in [2.45, 2.75) is 33.1 Å². The predicted octanol–water partition coefficient (Wildman–Crippen LogP) is 2.88. The van der Waals surface area contributed by atoms with Gasteiger partial charge in [0, 0.05) is 13.7 Å². The Bertz CT molecular complexity index is 325. The molecule has 2 rings (SSSR count). The Balaban J connectivity index is 0.00000112. The predicted molar refractivity (Wildman–Crippen MR) is 61.7 cm³/mol. The molecule has 0 saturated carbocycles. The SMILES string of the molecule is CCCc1ccc2c(n1)NCC(C)C2.[HH]. The van der Waals surface area contributed by atoms with Crippen molar-refractivity contribution in [3.63, 3.8) is 0 Å². The number of nitrogens with zero attached hydrogens (tertiary/aromatic N) is 1. The monoisotopic (exact) mass is 192 g/mol. The maximum atomic E-state index is 4.63. The number of nitrogens with one attached hydrogen (secondary N) is 1. The summed E-state index contributed by atoms with van der Waals surface area (Å²) < 4.78 is 0. The lowest BCUT2D eigenvalue weighted by atomic mass is 9.97. The van der Waals surface area contributed by atoms with Gasteiger partial charge in [0.15, 0.2) is 0 Å². The Morgan fingerprint density at radius 3 is 3.21 bits per heavy atom. The third-order valence-electron chi connectivity index (χ3n) is 2.73. The Hall–Kier alpha value is -1.05. The minimum Gasteiger partial charge on any atom is -0.370 e. The summed E-state index contributed by atoms with van der Waals surface area (Å²) in [5, 5.41) is 3.40. The quantitative estimate of drug-likeness (QED) is 0.779. The van der Waals surface area contributed by atoms with Crippen molar-refractivity contribution in [1.29, 1.82) is 0 Å². The molecule has 0 aliphatic carbocycles. The average Bonchev–Trinajstić information content (AvgIpc) is 2.19. The van der Waals surface area contributed by atoms with Crippen LogP contribution in [0.5, 0.6) is 0 Å². The van der Waals surface area contributed by atoms with E-state index >= 15 is 0 Å². The second-order valence-corrected chi connectivity index (χ2v) is 4.25. The van der Waals surface area contributed by atoms with Crippen LogP contribution in [-0.2, 0) is 12.8 Å². The summed E-state index contributed by atoms with van der Waals surface area (Å²) in [6, 6.07) is 4.40. The highest BCUT2D eigenvalue weighted by Crippen LogP contribution is 2.22. The van der Waals surface area contributed by atoms with E-state index in [9.17, 15) is 0 Å². The van der Waals surface area contributed by atoms with Crippen molar-refractivity contribution in [2.75, 3.05) is 11.9 Å². The van der Waals surface area contributed by atoms with Gasteiger partial charge in [-0.3, -0.25) is 0 Å². The Morgan fingerprint density at radius 1 is 1.57 bits per heavy atom. The van der Waals surface area contributed by atoms with Gasteiger partial charge in [0.2, 0.25) is 0 Å². The highest BCUT2D eigenvalue weighted by atomic mass is 15.0. The molecule has 2 nitrogen and oxygen atoms in total. The van der Waals surface area contributed by atoms with E-state index in [1.54, 1.807) is 0 Å². The number of hydrogen-bond acceptors (Lipinski definition) is 2. The van der Waals surface area contributed by atoms with Crippen molar-refractivity contribution >= 4 is 5.82 Å². The maximum Gasteiger partial charge on any atom is 0.129 e. The molecule has 1 unspecified atom stereocenters. The summed E-state index contributed by atoms with van der Waals surface area (Å²) in [6.07, 6.45) is 3.43. The van der Waals surface area contributed by atoms with Gasteiger partial charge in [0.25, 0.3) is 0 Å². The molecule has 78 valence electrons. The zero-order chi connectivity index (χ0) is 9.97. The number of aromatic nitrogens is 1. The van der Waals surface area contributed by atoms with Crippen molar-refractivity contribution < 1.29 is 1.43 Å². The lowest BCUT2D eigenvalue weighted by Crippen LogP contribution is -2.21. The molecule has 1 atom stereocenters. The fourth-order valence-corrected chi connectivity index (χ4v) is 1.96. The summed E-state index contributed by atoms with van der Waals surface area (Å²) >= 11 is 0. The fourth-order valence-electron chi connectivity index (χ4n) is 1.96. The van der Waals surface area contributed by atoms with Crippen LogP contribution in [0, 0.1) is 5.92 Å². The van der Waals surface area contributed by atoms with Gasteiger partial charge in [-0.05, 0) is 30.4 Å². The largest absolute Gasteiger partial charge is 0.370 e. The first-order valence-electron chi connectivity index (χ1n) is 5.52. The molecule has 1 aromatic rings. The van der Waals surface area contributed by atoms with E-state index in [-0.39, 0.29) is 1.43 Å². The number of anilines is 1. The first kappa shape index (κ1) is 9.50. The molecule has 0 aromatic carbocycles. The van der Waals surface area contributed by atoms with Gasteiger partial charge >= 0.3 is 0 Å². The van der Waals surface area contributed by atoms with E-state index in [0.717, 1.165) is 24.7 Å². The molecule has 1 aromatic heterocycles. The average molecular weight is 192 g/mol. The number of hydrogen-bond donors (Lipinski definition) is 1. The van der Waals surface area contributed by atoms with Gasteiger partial charge in [-0.2, -0.15) is 0 Å². The van der Waals surface area contributed by atoms with Crippen LogP contribution in [0.2, 0.25) is 0 Å². The zero-order valence-corrected chi connectivity index (χ0v) is 9.01. The van der Waals surface area contributed by atoms with E-state index < -0.39 is 0 Å². The van der Waals surface area contributed by atoms with Gasteiger partial charge in [-0.1, -0.05) is 26.3 Å². The normalized spacial score (nSPS) is 20.0. The van der Waals surface area contributed by atoms with Crippen molar-refractivity contribution in [3.05, 3.63) is 23.4 Å². The molecule has 1 aliphatic rings. The zero-order valence-electron chi connectivity index (χ0n) is 9.01. The van der Waals surface area contributed by atoms with Crippen molar-refractivity contribution in [2.24, 2.45) is 5.92 Å². The second kappa shape index (κ2) is 3.99. The van der Waals surface area contributed by atoms with Gasteiger partial charge < -0.3 is 5.32 Å². The van der Waals surface area contributed by atoms with E-state index in [1.165, 1.54) is 24.1 Å². The molecule has 0 bridgehead atoms. The second-order valence-electron chi connectivity index (χ2n) is 4.25. The molecule has 2 heteroatoms. The minimum atomic E-state index is 0. The van der Waals surface area contributed by atoms with Crippen LogP contribution in [0.15, 0.2) is 12.1 Å². The highest BCUT2D eigenvalue weighted by molar-refractivity contribution is 5.47. The molecular weight excluding hydrogens is 172 g/mol. The molecule has 2 heterocycles. The molecular formula is C12H20N2. The maximum absolute atomic E-state index is 4.63. The summed E-state index contributed by atoms with van der Waals surface area (Å²) in [5.41, 5.74) is 2.59. The van der Waals surface area contributed by atoms with E-state index in [1.807, 2.05) is 0 Å². The molecule has 0 radical (unpaired) electrons. The molecule has 0 fully saturated rings. The van der Waals surface area contributed by atoms with Crippen LogP contribution in [0.1, 0.15) is 33.0 Å². The summed E-state index contributed by atoms with van der Waals surface area (Å²) in [7, 11) is 0. The van der Waals surface area contributed by atoms with Crippen LogP contribution in [-0.4, -0.2) is 11.5 Å². The number of rotatable bonds is 2. The highest BCUT2D eigenvalue weighted by Gasteiger charge is 2.15. The van der Waals surface area contributed by atoms with Gasteiger partial charge in [-0.25, -0.2) is 4.98 Å². The lowest BCUT2D eigenvalue weighted by molar-refractivity contribution is 0.589. The molecule has 0 spiro atoms. The van der Waals surface area contributed by atoms with E-state index in [0.29, 0.717) is 0 Å². The first-order chi connectivity index (χ1) is 6.79. The lowest BCUT2D eigenvalue weighted by Gasteiger charge is -2.22. The molecule has 14 heavy (non-hydrogen) atoms. The van der Waals surface area contributed by atoms with Gasteiger partial charge in [-0.15, -0.1) is 0 Å². The third-order valence-corrected chi connectivity index (χ3v) is 2.73.